The van der Waals surface area contributed by atoms with E-state index < -0.39 is 0 Å². The number of ether oxygens (including phenoxy) is 1. The molecule has 0 aliphatic carbocycles. The number of phenols is 1. The number of hydrogen-bond donors (Lipinski definition) is 3. The largest absolute Gasteiger partial charge is 0.504 e. The molecule has 0 unspecified atom stereocenters. The van der Waals surface area contributed by atoms with Crippen LogP contribution in [0, 0.1) is 0 Å². The van der Waals surface area contributed by atoms with E-state index in [-0.39, 0.29) is 28.5 Å². The van der Waals surface area contributed by atoms with Crippen molar-refractivity contribution in [2.45, 2.75) is 13.8 Å². The third-order valence-electron chi connectivity index (χ3n) is 2.24. The van der Waals surface area contributed by atoms with Gasteiger partial charge in [-0.3, -0.25) is 15.5 Å². The monoisotopic (exact) mass is 237 g/mol. The van der Waals surface area contributed by atoms with Gasteiger partial charge in [0.25, 0.3) is 0 Å². The van der Waals surface area contributed by atoms with E-state index in [2.05, 4.69) is 6.58 Å². The van der Waals surface area contributed by atoms with Crippen molar-refractivity contribution in [3.8, 4) is 11.5 Å². The summed E-state index contributed by atoms with van der Waals surface area (Å²) < 4.78 is 5.27. The van der Waals surface area contributed by atoms with Gasteiger partial charge in [0.05, 0.1) is 17.9 Å². The number of rotatable bonds is 5. The van der Waals surface area contributed by atoms with Gasteiger partial charge < -0.3 is 9.84 Å². The summed E-state index contributed by atoms with van der Waals surface area (Å²) in [7, 11) is 0. The van der Waals surface area contributed by atoms with E-state index in [0.717, 1.165) is 0 Å². The Bertz CT molecular complexity index is 454. The molecule has 1 aromatic carbocycles. The lowest BCUT2D eigenvalue weighted by Gasteiger charge is -2.16. The van der Waals surface area contributed by atoms with Crippen LogP contribution in [0.3, 0.4) is 0 Å². The van der Waals surface area contributed by atoms with Gasteiger partial charge in [-0.05, 0) is 26.0 Å². The van der Waals surface area contributed by atoms with E-state index in [1.165, 1.54) is 19.1 Å². The van der Waals surface area contributed by atoms with Crippen LogP contribution in [0.25, 0.3) is 5.70 Å². The Labute approximate surface area is 99.3 Å². The highest BCUT2D eigenvalue weighted by molar-refractivity contribution is 6.00. The first-order chi connectivity index (χ1) is 8.02. The van der Waals surface area contributed by atoms with Gasteiger partial charge in [-0.15, -0.1) is 0 Å². The molecule has 0 amide bonds. The molecule has 0 bridgehead atoms. The second-order valence-corrected chi connectivity index (χ2v) is 3.42. The van der Waals surface area contributed by atoms with Crippen molar-refractivity contribution in [1.29, 1.82) is 0 Å². The fourth-order valence-electron chi connectivity index (χ4n) is 1.51. The first-order valence-electron chi connectivity index (χ1n) is 5.12. The zero-order valence-corrected chi connectivity index (χ0v) is 9.78. The number of aromatic hydroxyl groups is 1. The van der Waals surface area contributed by atoms with Crippen LogP contribution < -0.4 is 10.2 Å². The lowest BCUT2D eigenvalue weighted by molar-refractivity contribution is 0.101. The number of phenolic OH excluding ortho intramolecular Hbond substituents is 1. The molecule has 0 saturated carbocycles. The Kier molecular flexibility index (Phi) is 4.12. The smallest absolute Gasteiger partial charge is 0.170 e. The molecule has 5 heteroatoms. The van der Waals surface area contributed by atoms with Gasteiger partial charge in [0.2, 0.25) is 0 Å². The predicted molar refractivity (Wildman–Crippen MR) is 63.2 cm³/mol. The third-order valence-corrected chi connectivity index (χ3v) is 2.24. The molecule has 0 heterocycles. The molecular formula is C12H15NO4. The van der Waals surface area contributed by atoms with E-state index in [9.17, 15) is 9.90 Å². The molecule has 1 rings (SSSR count). The number of hydroxylamine groups is 1. The molecule has 0 saturated heterocycles. The number of ketones is 1. The fourth-order valence-corrected chi connectivity index (χ4v) is 1.51. The Morgan fingerprint density at radius 2 is 2.18 bits per heavy atom. The van der Waals surface area contributed by atoms with Crippen LogP contribution >= 0.6 is 0 Å². The zero-order valence-electron chi connectivity index (χ0n) is 9.78. The van der Waals surface area contributed by atoms with Crippen molar-refractivity contribution >= 4 is 11.5 Å². The van der Waals surface area contributed by atoms with Crippen LogP contribution in [-0.2, 0) is 0 Å². The maximum Gasteiger partial charge on any atom is 0.170 e. The molecular weight excluding hydrogens is 222 g/mol. The van der Waals surface area contributed by atoms with Gasteiger partial charge in [-0.2, -0.15) is 0 Å². The lowest BCUT2D eigenvalue weighted by atomic mass is 10.0. The van der Waals surface area contributed by atoms with Crippen molar-refractivity contribution in [2.24, 2.45) is 0 Å². The van der Waals surface area contributed by atoms with E-state index in [0.29, 0.717) is 12.2 Å². The summed E-state index contributed by atoms with van der Waals surface area (Å²) in [4.78, 5) is 11.5. The molecule has 0 fully saturated rings. The zero-order chi connectivity index (χ0) is 13.0. The molecule has 0 atom stereocenters. The van der Waals surface area contributed by atoms with Crippen LogP contribution in [0.5, 0.6) is 11.5 Å². The highest BCUT2D eigenvalue weighted by atomic mass is 16.5. The second-order valence-electron chi connectivity index (χ2n) is 3.42. The Hall–Kier alpha value is -2.01. The summed E-state index contributed by atoms with van der Waals surface area (Å²) in [5, 5.41) is 18.6. The number of Topliss-reactive ketones (excluding diaryl/α,β-unsaturated/α-hetero) is 1. The molecule has 0 aromatic heterocycles. The summed E-state index contributed by atoms with van der Waals surface area (Å²) >= 11 is 0. The van der Waals surface area contributed by atoms with Crippen LogP contribution in [0.15, 0.2) is 18.7 Å². The lowest BCUT2D eigenvalue weighted by Crippen LogP contribution is -2.11. The van der Waals surface area contributed by atoms with Crippen LogP contribution in [0.4, 0.5) is 0 Å². The van der Waals surface area contributed by atoms with E-state index in [4.69, 9.17) is 9.94 Å². The molecule has 17 heavy (non-hydrogen) atoms. The summed E-state index contributed by atoms with van der Waals surface area (Å²) in [6.45, 7) is 7.02. The maximum absolute atomic E-state index is 11.5. The summed E-state index contributed by atoms with van der Waals surface area (Å²) in [5.74, 6) is -0.188. The van der Waals surface area contributed by atoms with Crippen molar-refractivity contribution in [3.05, 3.63) is 29.8 Å². The predicted octanol–water partition coefficient (Wildman–Crippen LogP) is 1.94. The van der Waals surface area contributed by atoms with Crippen LogP contribution in [-0.4, -0.2) is 22.7 Å². The summed E-state index contributed by atoms with van der Waals surface area (Å²) in [5.41, 5.74) is 2.54. The van der Waals surface area contributed by atoms with Gasteiger partial charge in [-0.1, -0.05) is 6.58 Å². The van der Waals surface area contributed by atoms with Gasteiger partial charge in [-0.25, -0.2) is 0 Å². The standard InChI is InChI=1S/C12H15NO4/c1-4-17-12-10(15)6-5-9(8(3)14)11(12)7(2)13-16/h5-6,13,15-16H,2,4H2,1,3H3. The summed E-state index contributed by atoms with van der Waals surface area (Å²) in [6.07, 6.45) is 0. The Morgan fingerprint density at radius 1 is 1.53 bits per heavy atom. The molecule has 1 aromatic rings. The Morgan fingerprint density at radius 3 is 2.65 bits per heavy atom. The normalized spacial score (nSPS) is 9.82. The number of hydrogen-bond acceptors (Lipinski definition) is 5. The Balaban J connectivity index is 3.49. The molecule has 0 radical (unpaired) electrons. The minimum absolute atomic E-state index is 0.0922. The van der Waals surface area contributed by atoms with Gasteiger partial charge >= 0.3 is 0 Å². The SMILES string of the molecule is C=C(NO)c1c(C(C)=O)ccc(O)c1OCC. The van der Waals surface area contributed by atoms with Gasteiger partial charge in [0.15, 0.2) is 17.3 Å². The average Bonchev–Trinajstić information content (AvgIpc) is 2.30. The maximum atomic E-state index is 11.5. The van der Waals surface area contributed by atoms with Crippen molar-refractivity contribution in [3.63, 3.8) is 0 Å². The van der Waals surface area contributed by atoms with Crippen LogP contribution in [0.2, 0.25) is 0 Å². The molecule has 5 nitrogen and oxygen atoms in total. The van der Waals surface area contributed by atoms with Gasteiger partial charge in [0, 0.05) is 5.56 Å². The minimum Gasteiger partial charge on any atom is -0.504 e. The average molecular weight is 237 g/mol. The van der Waals surface area contributed by atoms with Crippen LogP contribution in [0.1, 0.15) is 29.8 Å². The van der Waals surface area contributed by atoms with E-state index in [1.54, 1.807) is 6.92 Å². The topological polar surface area (TPSA) is 78.8 Å². The number of nitrogens with one attached hydrogen (secondary N) is 1. The van der Waals surface area contributed by atoms with Crippen molar-refractivity contribution in [1.82, 2.24) is 5.48 Å². The van der Waals surface area contributed by atoms with Gasteiger partial charge in [0.1, 0.15) is 0 Å². The quantitative estimate of drug-likeness (QED) is 0.538. The van der Waals surface area contributed by atoms with Crippen molar-refractivity contribution < 1.29 is 19.8 Å². The van der Waals surface area contributed by atoms with E-state index in [1.807, 2.05) is 5.48 Å². The number of benzene rings is 1. The molecule has 0 aliphatic heterocycles. The molecule has 0 aliphatic rings. The first-order valence-corrected chi connectivity index (χ1v) is 5.12. The molecule has 92 valence electrons. The molecule has 3 N–H and O–H groups in total. The first kappa shape index (κ1) is 13.1. The number of carbonyl (C=O) groups excluding carboxylic acids is 1. The number of carbonyl (C=O) groups is 1. The molecule has 0 spiro atoms. The fraction of sp³-hybridized carbons (Fsp3) is 0.250. The van der Waals surface area contributed by atoms with Crippen molar-refractivity contribution in [2.75, 3.05) is 6.61 Å². The third kappa shape index (κ3) is 2.57. The van der Waals surface area contributed by atoms with E-state index >= 15 is 0 Å². The highest BCUT2D eigenvalue weighted by Gasteiger charge is 2.19. The minimum atomic E-state index is -0.211. The summed E-state index contributed by atoms with van der Waals surface area (Å²) in [6, 6.07) is 2.83. The second kappa shape index (κ2) is 5.36. The highest BCUT2D eigenvalue weighted by Crippen LogP contribution is 2.36.